The Morgan fingerprint density at radius 1 is 1.08 bits per heavy atom. The van der Waals surface area contributed by atoms with Crippen molar-refractivity contribution in [3.8, 4) is 5.69 Å². The molecule has 2 aromatic carbocycles. The van der Waals surface area contributed by atoms with E-state index in [1.807, 2.05) is 61.5 Å². The number of thiocarbonyl (C=S) groups is 1. The van der Waals surface area contributed by atoms with Gasteiger partial charge in [0.25, 0.3) is 0 Å². The molecule has 1 fully saturated rings. The first-order chi connectivity index (χ1) is 18.8. The number of methoxy groups -OCH3 is 1. The molecule has 0 spiro atoms. The van der Waals surface area contributed by atoms with Crippen LogP contribution < -0.4 is 15.5 Å². The summed E-state index contributed by atoms with van der Waals surface area (Å²) in [5, 5.41) is 7.74. The summed E-state index contributed by atoms with van der Waals surface area (Å²) in [6.45, 7) is 6.18. The van der Waals surface area contributed by atoms with E-state index < -0.39 is 0 Å². The molecule has 0 saturated carbocycles. The van der Waals surface area contributed by atoms with Gasteiger partial charge in [-0.05, 0) is 98.7 Å². The number of carbonyl (C=O) groups is 1. The van der Waals surface area contributed by atoms with E-state index in [2.05, 4.69) is 51.1 Å². The number of ether oxygens (including phenoxy) is 1. The fourth-order valence-corrected chi connectivity index (χ4v) is 5.83. The van der Waals surface area contributed by atoms with Crippen molar-refractivity contribution in [2.24, 2.45) is 0 Å². The number of amides is 1. The number of anilines is 2. The number of nitrogens with one attached hydrogen (secondary N) is 2. The quantitative estimate of drug-likeness (QED) is 0.262. The van der Waals surface area contributed by atoms with Crippen LogP contribution in [0.15, 0.2) is 72.9 Å². The maximum atomic E-state index is 12.1. The fraction of sp³-hybridized carbons (Fsp3) is 0.233. The maximum Gasteiger partial charge on any atom is 0.250 e. The van der Waals surface area contributed by atoms with Gasteiger partial charge in [0.2, 0.25) is 5.91 Å². The van der Waals surface area contributed by atoms with Gasteiger partial charge in [0, 0.05) is 46.8 Å². The first-order valence-electron chi connectivity index (χ1n) is 12.6. The van der Waals surface area contributed by atoms with Gasteiger partial charge in [0.15, 0.2) is 5.11 Å². The average molecular weight is 560 g/mol. The molecule has 7 nitrogen and oxygen atoms in total. The van der Waals surface area contributed by atoms with E-state index in [0.717, 1.165) is 45.3 Å². The van der Waals surface area contributed by atoms with E-state index in [1.165, 1.54) is 7.11 Å². The highest BCUT2D eigenvalue weighted by atomic mass is 35.5. The zero-order valence-electron chi connectivity index (χ0n) is 22.2. The van der Waals surface area contributed by atoms with Crippen LogP contribution in [0.5, 0.6) is 0 Å². The van der Waals surface area contributed by atoms with Gasteiger partial charge in [0.1, 0.15) is 6.61 Å². The van der Waals surface area contributed by atoms with E-state index in [1.54, 1.807) is 6.20 Å². The summed E-state index contributed by atoms with van der Waals surface area (Å²) < 4.78 is 7.17. The highest BCUT2D eigenvalue weighted by Gasteiger charge is 2.42. The van der Waals surface area contributed by atoms with Crippen molar-refractivity contribution < 1.29 is 9.53 Å². The van der Waals surface area contributed by atoms with Crippen LogP contribution in [0.25, 0.3) is 5.69 Å². The number of hydrogen-bond acceptors (Lipinski definition) is 4. The maximum absolute atomic E-state index is 12.1. The molecule has 5 rings (SSSR count). The summed E-state index contributed by atoms with van der Waals surface area (Å²) in [6.07, 6.45) is 1.80. The molecule has 3 heterocycles. The third-order valence-corrected chi connectivity index (χ3v) is 7.54. The Morgan fingerprint density at radius 3 is 2.59 bits per heavy atom. The molecule has 1 saturated heterocycles. The lowest BCUT2D eigenvalue weighted by molar-refractivity contribution is -0.119. The summed E-state index contributed by atoms with van der Waals surface area (Å²) in [7, 11) is 1.50. The minimum Gasteiger partial charge on any atom is -0.375 e. The van der Waals surface area contributed by atoms with Crippen molar-refractivity contribution in [3.05, 3.63) is 106 Å². The molecule has 0 bridgehead atoms. The van der Waals surface area contributed by atoms with Gasteiger partial charge in [-0.25, -0.2) is 0 Å². The number of hydrogen-bond donors (Lipinski definition) is 2. The van der Waals surface area contributed by atoms with E-state index in [9.17, 15) is 4.79 Å². The summed E-state index contributed by atoms with van der Waals surface area (Å²) >= 11 is 12.3. The Labute approximate surface area is 238 Å². The molecule has 0 radical (unpaired) electrons. The standard InChI is InChI=1S/C30H30ClN5O2S/c1-18-14-23(11-12-25(18)33-27(37)17-38-4)36-29(28(34-30(36)39)26-10-5-6-13-32-26)24-15-19(2)35(20(24)3)22-9-7-8-21(31)16-22/h5-16,28-29H,17H2,1-4H3,(H,33,37)(H,34,39)/t28-,29+/m1/s1. The van der Waals surface area contributed by atoms with Gasteiger partial charge in [-0.1, -0.05) is 23.7 Å². The molecular weight excluding hydrogens is 530 g/mol. The van der Waals surface area contributed by atoms with Crippen LogP contribution in [0.3, 0.4) is 0 Å². The van der Waals surface area contributed by atoms with Crippen LogP contribution in [0.1, 0.15) is 40.3 Å². The SMILES string of the molecule is COCC(=O)Nc1ccc(N2C(=S)N[C@H](c3ccccn3)[C@@H]2c2cc(C)n(-c3cccc(Cl)c3)c2C)cc1C. The number of aryl methyl sites for hydroxylation is 2. The van der Waals surface area contributed by atoms with Gasteiger partial charge >= 0.3 is 0 Å². The second-order valence-electron chi connectivity index (χ2n) is 9.62. The van der Waals surface area contributed by atoms with E-state index in [4.69, 9.17) is 28.6 Å². The minimum absolute atomic E-state index is 0.00258. The summed E-state index contributed by atoms with van der Waals surface area (Å²) in [5.74, 6) is -0.201. The Morgan fingerprint density at radius 2 is 1.90 bits per heavy atom. The molecule has 1 aliphatic heterocycles. The average Bonchev–Trinajstić information content (AvgIpc) is 3.40. The first kappa shape index (κ1) is 26.9. The Balaban J connectivity index is 1.61. The predicted molar refractivity (Wildman–Crippen MR) is 160 cm³/mol. The molecule has 200 valence electrons. The number of rotatable bonds is 7. The van der Waals surface area contributed by atoms with Gasteiger partial charge in [0.05, 0.1) is 17.8 Å². The predicted octanol–water partition coefficient (Wildman–Crippen LogP) is 6.21. The number of aromatic nitrogens is 2. The van der Waals surface area contributed by atoms with Crippen molar-refractivity contribution in [1.82, 2.24) is 14.9 Å². The Bertz CT molecular complexity index is 1540. The van der Waals surface area contributed by atoms with Crippen LogP contribution in [-0.2, 0) is 9.53 Å². The molecule has 9 heteroatoms. The van der Waals surface area contributed by atoms with Gasteiger partial charge in [-0.15, -0.1) is 0 Å². The summed E-state index contributed by atoms with van der Waals surface area (Å²) in [6, 6.07) is 21.6. The van der Waals surface area contributed by atoms with Crippen LogP contribution >= 0.6 is 23.8 Å². The van der Waals surface area contributed by atoms with Gasteiger partial charge < -0.3 is 24.8 Å². The van der Waals surface area contributed by atoms with E-state index in [-0.39, 0.29) is 24.6 Å². The van der Waals surface area contributed by atoms with Crippen molar-refractivity contribution in [3.63, 3.8) is 0 Å². The number of carbonyl (C=O) groups excluding carboxylic acids is 1. The third-order valence-electron chi connectivity index (χ3n) is 6.99. The van der Waals surface area contributed by atoms with Crippen LogP contribution in [0.2, 0.25) is 5.02 Å². The zero-order chi connectivity index (χ0) is 27.7. The Hall–Kier alpha value is -3.72. The third kappa shape index (κ3) is 5.28. The molecule has 4 aromatic rings. The molecule has 0 aliphatic carbocycles. The van der Waals surface area contributed by atoms with Gasteiger partial charge in [-0.2, -0.15) is 0 Å². The molecule has 39 heavy (non-hydrogen) atoms. The molecule has 0 unspecified atom stereocenters. The second kappa shape index (κ2) is 11.2. The molecule has 2 atom stereocenters. The van der Waals surface area contributed by atoms with Crippen LogP contribution in [-0.4, -0.2) is 34.3 Å². The molecular formula is C30H30ClN5O2S. The smallest absolute Gasteiger partial charge is 0.250 e. The highest BCUT2D eigenvalue weighted by Crippen LogP contribution is 2.44. The number of halogens is 1. The topological polar surface area (TPSA) is 71.4 Å². The number of benzene rings is 2. The van der Waals surface area contributed by atoms with Crippen LogP contribution in [0.4, 0.5) is 11.4 Å². The zero-order valence-corrected chi connectivity index (χ0v) is 23.8. The Kier molecular flexibility index (Phi) is 7.70. The monoisotopic (exact) mass is 559 g/mol. The lowest BCUT2D eigenvalue weighted by atomic mass is 9.96. The molecule has 2 N–H and O–H groups in total. The lowest BCUT2D eigenvalue weighted by Crippen LogP contribution is -2.29. The molecule has 1 aliphatic rings. The summed E-state index contributed by atoms with van der Waals surface area (Å²) in [4.78, 5) is 18.9. The minimum atomic E-state index is -0.201. The van der Waals surface area contributed by atoms with Crippen LogP contribution in [0, 0.1) is 20.8 Å². The van der Waals surface area contributed by atoms with E-state index in [0.29, 0.717) is 10.1 Å². The second-order valence-corrected chi connectivity index (χ2v) is 10.4. The lowest BCUT2D eigenvalue weighted by Gasteiger charge is -2.29. The van der Waals surface area contributed by atoms with Crippen molar-refractivity contribution in [2.75, 3.05) is 23.9 Å². The molecule has 1 amide bonds. The van der Waals surface area contributed by atoms with Gasteiger partial charge in [-0.3, -0.25) is 9.78 Å². The summed E-state index contributed by atoms with van der Waals surface area (Å²) in [5.41, 5.74) is 7.80. The van der Waals surface area contributed by atoms with E-state index >= 15 is 0 Å². The van der Waals surface area contributed by atoms with Crippen molar-refractivity contribution in [2.45, 2.75) is 32.9 Å². The fourth-order valence-electron chi connectivity index (χ4n) is 5.30. The first-order valence-corrected chi connectivity index (χ1v) is 13.4. The largest absolute Gasteiger partial charge is 0.375 e. The van der Waals surface area contributed by atoms with Crippen molar-refractivity contribution >= 4 is 46.2 Å². The molecule has 2 aromatic heterocycles. The van der Waals surface area contributed by atoms with Crippen molar-refractivity contribution in [1.29, 1.82) is 0 Å². The highest BCUT2D eigenvalue weighted by molar-refractivity contribution is 7.80. The normalized spacial score (nSPS) is 16.8. The number of pyridine rings is 1. The number of nitrogens with zero attached hydrogens (tertiary/aromatic N) is 3.